The fourth-order valence-electron chi connectivity index (χ4n) is 6.56. The Morgan fingerprint density at radius 1 is 1.09 bits per heavy atom. The van der Waals surface area contributed by atoms with E-state index in [1.165, 1.54) is 4.90 Å². The molecule has 3 heterocycles. The van der Waals surface area contributed by atoms with Crippen LogP contribution in [0.2, 0.25) is 0 Å². The van der Waals surface area contributed by atoms with Crippen molar-refractivity contribution in [2.75, 3.05) is 6.54 Å². The van der Waals surface area contributed by atoms with E-state index in [-0.39, 0.29) is 22.6 Å². The number of oxime groups is 1. The number of carbonyl (C=O) groups excluding carboxylic acids is 2. The van der Waals surface area contributed by atoms with Crippen LogP contribution in [0.1, 0.15) is 73.1 Å². The summed E-state index contributed by atoms with van der Waals surface area (Å²) in [4.78, 5) is 38.9. The molecule has 7 nitrogen and oxygen atoms in total. The summed E-state index contributed by atoms with van der Waals surface area (Å²) in [5.74, 6) is 0.279. The summed E-state index contributed by atoms with van der Waals surface area (Å²) in [5, 5.41) is 4.16. The van der Waals surface area contributed by atoms with Crippen LogP contribution in [0.15, 0.2) is 33.8 Å². The molecule has 1 aromatic carbocycles. The van der Waals surface area contributed by atoms with Crippen LogP contribution < -0.4 is 0 Å². The van der Waals surface area contributed by atoms with Crippen LogP contribution in [0.25, 0.3) is 11.1 Å². The minimum Gasteiger partial charge on any atom is -0.440 e. The first-order valence-electron chi connectivity index (χ1n) is 11.8. The van der Waals surface area contributed by atoms with Gasteiger partial charge in [0.15, 0.2) is 5.58 Å². The molecule has 1 saturated carbocycles. The molecule has 2 bridgehead atoms. The van der Waals surface area contributed by atoms with Crippen LogP contribution in [0.5, 0.6) is 0 Å². The van der Waals surface area contributed by atoms with E-state index in [2.05, 4.69) is 19.0 Å². The molecule has 1 aliphatic carbocycles. The minimum atomic E-state index is -0.724. The van der Waals surface area contributed by atoms with Gasteiger partial charge in [0.05, 0.1) is 5.71 Å². The molecule has 3 aliphatic rings. The minimum absolute atomic E-state index is 0.125. The van der Waals surface area contributed by atoms with Gasteiger partial charge in [-0.1, -0.05) is 58.8 Å². The highest BCUT2D eigenvalue weighted by Crippen LogP contribution is 2.58. The average molecular weight is 452 g/mol. The number of hydrogen-bond donors (Lipinski definition) is 0. The number of aromatic nitrogens is 1. The van der Waals surface area contributed by atoms with Gasteiger partial charge in [-0.25, -0.2) is 4.98 Å². The summed E-state index contributed by atoms with van der Waals surface area (Å²) in [7, 11) is 0. The third kappa shape index (κ3) is 3.56. The van der Waals surface area contributed by atoms with Gasteiger partial charge < -0.3 is 9.25 Å². The van der Waals surface area contributed by atoms with Crippen molar-refractivity contribution in [2.24, 2.45) is 21.4 Å². The van der Waals surface area contributed by atoms with Crippen LogP contribution in [-0.4, -0.2) is 40.1 Å². The van der Waals surface area contributed by atoms with E-state index in [0.717, 1.165) is 29.7 Å². The fourth-order valence-corrected chi connectivity index (χ4v) is 6.56. The second kappa shape index (κ2) is 6.90. The lowest BCUT2D eigenvalue weighted by atomic mass is 9.52. The van der Waals surface area contributed by atoms with Gasteiger partial charge in [-0.2, -0.15) is 0 Å². The Morgan fingerprint density at radius 3 is 2.45 bits per heavy atom. The molecule has 7 heteroatoms. The van der Waals surface area contributed by atoms with Gasteiger partial charge in [-0.05, 0) is 36.8 Å². The zero-order valence-electron chi connectivity index (χ0n) is 20.4. The molecule has 2 fully saturated rings. The zero-order valence-corrected chi connectivity index (χ0v) is 20.4. The predicted octanol–water partition coefficient (Wildman–Crippen LogP) is 4.84. The number of rotatable bonds is 2. The molecule has 5 rings (SSSR count). The standard InChI is InChI=1S/C26H33N3O4/c1-23(2,3)19-11-18(33-28-19)20(30)29-15-24(4)12-25(5,14-26(6,13-24)22(29)31)21-27-16-9-7-8-10-17(16)32-21/h7-10,18H,11-15H2,1-6H3/t18-,24+,25-,26+/m0/s1. The lowest BCUT2D eigenvalue weighted by Gasteiger charge is -2.56. The number of para-hydroxylation sites is 2. The molecule has 1 aromatic heterocycles. The first kappa shape index (κ1) is 22.1. The van der Waals surface area contributed by atoms with Crippen molar-refractivity contribution in [3.05, 3.63) is 30.2 Å². The number of benzene rings is 1. The van der Waals surface area contributed by atoms with Crippen molar-refractivity contribution >= 4 is 28.6 Å². The molecule has 0 radical (unpaired) electrons. The largest absolute Gasteiger partial charge is 0.440 e. The maximum Gasteiger partial charge on any atom is 0.273 e. The highest BCUT2D eigenvalue weighted by Gasteiger charge is 2.60. The number of likely N-dealkylation sites (tertiary alicyclic amines) is 1. The Balaban J connectivity index is 1.42. The van der Waals surface area contributed by atoms with E-state index in [1.54, 1.807) is 0 Å². The Kier molecular flexibility index (Phi) is 4.63. The van der Waals surface area contributed by atoms with Crippen LogP contribution in [-0.2, 0) is 19.8 Å². The Labute approximate surface area is 194 Å². The summed E-state index contributed by atoms with van der Waals surface area (Å²) in [6.07, 6.45) is 1.82. The number of imide groups is 1. The van der Waals surface area contributed by atoms with Crippen LogP contribution >= 0.6 is 0 Å². The van der Waals surface area contributed by atoms with Gasteiger partial charge in [-0.15, -0.1) is 0 Å². The van der Waals surface area contributed by atoms with Gasteiger partial charge in [-0.3, -0.25) is 14.5 Å². The quantitative estimate of drug-likeness (QED) is 0.610. The first-order chi connectivity index (χ1) is 15.3. The molecule has 0 N–H and O–H groups in total. The maximum atomic E-state index is 13.7. The normalized spacial score (nSPS) is 34.4. The topological polar surface area (TPSA) is 85.0 Å². The highest BCUT2D eigenvalue weighted by molar-refractivity contribution is 6.03. The number of nitrogens with zero attached hydrogens (tertiary/aromatic N) is 3. The maximum absolute atomic E-state index is 13.7. The van der Waals surface area contributed by atoms with Crippen molar-refractivity contribution in [3.63, 3.8) is 0 Å². The number of piperidine rings is 1. The number of amides is 2. The van der Waals surface area contributed by atoms with Gasteiger partial charge in [0.25, 0.3) is 5.91 Å². The molecular weight excluding hydrogens is 418 g/mol. The number of carbonyl (C=O) groups is 2. The third-order valence-electron chi connectivity index (χ3n) is 7.60. The van der Waals surface area contributed by atoms with E-state index in [9.17, 15) is 9.59 Å². The number of oxazole rings is 1. The van der Waals surface area contributed by atoms with Gasteiger partial charge in [0.2, 0.25) is 17.9 Å². The lowest BCUT2D eigenvalue weighted by Crippen LogP contribution is -2.63. The molecule has 4 atom stereocenters. The van der Waals surface area contributed by atoms with Crippen molar-refractivity contribution in [1.82, 2.24) is 9.88 Å². The summed E-state index contributed by atoms with van der Waals surface area (Å²) in [5.41, 5.74) is 0.966. The summed E-state index contributed by atoms with van der Waals surface area (Å²) in [6.45, 7) is 12.8. The molecule has 2 amide bonds. The van der Waals surface area contributed by atoms with Crippen molar-refractivity contribution in [2.45, 2.75) is 78.7 Å². The van der Waals surface area contributed by atoms with Gasteiger partial charge in [0, 0.05) is 29.2 Å². The van der Waals surface area contributed by atoms with Crippen LogP contribution in [0.4, 0.5) is 0 Å². The predicted molar refractivity (Wildman–Crippen MR) is 125 cm³/mol. The molecule has 2 aromatic rings. The summed E-state index contributed by atoms with van der Waals surface area (Å²) < 4.78 is 6.16. The Hall–Kier alpha value is -2.70. The van der Waals surface area contributed by atoms with Crippen LogP contribution in [0.3, 0.4) is 0 Å². The van der Waals surface area contributed by atoms with Gasteiger partial charge >= 0.3 is 0 Å². The third-order valence-corrected chi connectivity index (χ3v) is 7.60. The van der Waals surface area contributed by atoms with E-state index in [0.29, 0.717) is 25.3 Å². The smallest absolute Gasteiger partial charge is 0.273 e. The highest BCUT2D eigenvalue weighted by atomic mass is 16.6. The van der Waals surface area contributed by atoms with Crippen molar-refractivity contribution in [3.8, 4) is 0 Å². The Morgan fingerprint density at radius 2 is 1.79 bits per heavy atom. The average Bonchev–Trinajstić information content (AvgIpc) is 3.37. The molecule has 176 valence electrons. The first-order valence-corrected chi connectivity index (χ1v) is 11.8. The van der Waals surface area contributed by atoms with E-state index in [4.69, 9.17) is 14.2 Å². The number of fused-ring (bicyclic) bond motifs is 3. The second-order valence-electron chi connectivity index (χ2n) is 12.3. The van der Waals surface area contributed by atoms with Crippen molar-refractivity contribution < 1.29 is 18.8 Å². The molecule has 1 saturated heterocycles. The summed E-state index contributed by atoms with van der Waals surface area (Å²) >= 11 is 0. The van der Waals surface area contributed by atoms with E-state index < -0.39 is 16.9 Å². The van der Waals surface area contributed by atoms with E-state index >= 15 is 0 Å². The second-order valence-corrected chi connectivity index (χ2v) is 12.3. The molecule has 2 aliphatic heterocycles. The number of hydrogen-bond acceptors (Lipinski definition) is 6. The molecular formula is C26H33N3O4. The molecule has 0 unspecified atom stereocenters. The molecule has 0 spiro atoms. The van der Waals surface area contributed by atoms with Gasteiger partial charge in [0.1, 0.15) is 5.52 Å². The monoisotopic (exact) mass is 451 g/mol. The fraction of sp³-hybridized carbons (Fsp3) is 0.615. The van der Waals surface area contributed by atoms with E-state index in [1.807, 2.05) is 52.0 Å². The zero-order chi connectivity index (χ0) is 23.8. The molecule has 33 heavy (non-hydrogen) atoms. The van der Waals surface area contributed by atoms with Crippen molar-refractivity contribution in [1.29, 1.82) is 0 Å². The Bertz CT molecular complexity index is 1140. The van der Waals surface area contributed by atoms with Crippen LogP contribution in [0, 0.1) is 16.2 Å². The lowest BCUT2D eigenvalue weighted by molar-refractivity contribution is -0.173. The SMILES string of the molecule is CC(C)(C)C1=NO[C@H](C(=O)N2C[C@@]3(C)C[C@](C)(C[C@@](C)(c4nc5ccccc5o4)C3)C2=O)C1. The summed E-state index contributed by atoms with van der Waals surface area (Å²) in [6, 6.07) is 7.75.